The van der Waals surface area contributed by atoms with E-state index in [2.05, 4.69) is 24.2 Å². The first kappa shape index (κ1) is 17.7. The van der Waals surface area contributed by atoms with Gasteiger partial charge in [0.05, 0.1) is 11.3 Å². The summed E-state index contributed by atoms with van der Waals surface area (Å²) in [6.45, 7) is 2.36. The van der Waals surface area contributed by atoms with Gasteiger partial charge in [-0.05, 0) is 105 Å². The zero-order valence-electron chi connectivity index (χ0n) is 16.9. The van der Waals surface area contributed by atoms with Crippen LogP contribution in [0, 0.1) is 34.5 Å². The number of aliphatic hydroxyl groups is 1. The Balaban J connectivity index is 1.38. The summed E-state index contributed by atoms with van der Waals surface area (Å²) in [6.07, 6.45) is 17.7. The van der Waals surface area contributed by atoms with Crippen molar-refractivity contribution in [2.24, 2.45) is 39.7 Å². The van der Waals surface area contributed by atoms with Gasteiger partial charge >= 0.3 is 0 Å². The Hall–Kier alpha value is -1.13. The van der Waals surface area contributed by atoms with Gasteiger partial charge in [-0.2, -0.15) is 0 Å². The standard InChI is InChI=1S/C24H33NO3/c1-2-23-8-5-16-17-4-3-15(25-27)13-20(17)22(11-12-22)14-18(16)19(23)6-9-24(23)10-7-21(26)28-24/h7,10,13,16-19,21,26-27H,2-6,8-9,11-12,14H2,1H3/b25-15+/t16?,17-,18?,19?,21?,23+,24-/m1/s1. The van der Waals surface area contributed by atoms with Crippen LogP contribution >= 0.6 is 0 Å². The van der Waals surface area contributed by atoms with E-state index in [1.54, 1.807) is 5.57 Å². The van der Waals surface area contributed by atoms with Crippen LogP contribution in [0.2, 0.25) is 0 Å². The molecular weight excluding hydrogens is 350 g/mol. The number of oxime groups is 1. The minimum absolute atomic E-state index is 0.200. The van der Waals surface area contributed by atoms with E-state index in [4.69, 9.17) is 4.74 Å². The molecular formula is C24H33NO3. The third-order valence-corrected chi connectivity index (χ3v) is 10.0. The van der Waals surface area contributed by atoms with E-state index in [-0.39, 0.29) is 11.0 Å². The molecule has 1 heterocycles. The lowest BCUT2D eigenvalue weighted by Crippen LogP contribution is -2.55. The molecule has 0 aromatic heterocycles. The molecule has 0 radical (unpaired) electrons. The maximum Gasteiger partial charge on any atom is 0.175 e. The maximum absolute atomic E-state index is 10.1. The summed E-state index contributed by atoms with van der Waals surface area (Å²) in [6, 6.07) is 0. The van der Waals surface area contributed by atoms with Crippen LogP contribution in [-0.4, -0.2) is 27.9 Å². The molecule has 6 rings (SSSR count). The van der Waals surface area contributed by atoms with Gasteiger partial charge in [0.2, 0.25) is 0 Å². The lowest BCUT2D eigenvalue weighted by Gasteiger charge is -2.58. The molecule has 28 heavy (non-hydrogen) atoms. The number of hydrogen-bond donors (Lipinski definition) is 2. The molecule has 5 aliphatic carbocycles. The number of hydrogen-bond acceptors (Lipinski definition) is 4. The van der Waals surface area contributed by atoms with E-state index < -0.39 is 6.29 Å². The van der Waals surface area contributed by atoms with Crippen LogP contribution in [0.4, 0.5) is 0 Å². The first-order valence-corrected chi connectivity index (χ1v) is 11.5. The molecule has 0 aromatic rings. The first-order valence-electron chi connectivity index (χ1n) is 11.5. The van der Waals surface area contributed by atoms with Crippen LogP contribution in [0.5, 0.6) is 0 Å². The summed E-state index contributed by atoms with van der Waals surface area (Å²) in [5.74, 6) is 3.00. The largest absolute Gasteiger partial charge is 0.411 e. The molecule has 0 saturated heterocycles. The molecule has 4 nitrogen and oxygen atoms in total. The average Bonchev–Trinajstić information content (AvgIpc) is 3.27. The molecule has 0 aromatic carbocycles. The molecule has 6 aliphatic rings. The Bertz CT molecular complexity index is 781. The number of aliphatic hydroxyl groups excluding tert-OH is 1. The maximum atomic E-state index is 10.1. The molecule has 0 amide bonds. The van der Waals surface area contributed by atoms with Crippen LogP contribution in [0.1, 0.15) is 71.1 Å². The van der Waals surface area contributed by atoms with Crippen molar-refractivity contribution in [1.29, 1.82) is 0 Å². The van der Waals surface area contributed by atoms with Crippen LogP contribution in [0.15, 0.2) is 29.0 Å². The van der Waals surface area contributed by atoms with Crippen molar-refractivity contribution in [2.75, 3.05) is 0 Å². The Kier molecular flexibility index (Phi) is 3.62. The Morgan fingerprint density at radius 3 is 2.68 bits per heavy atom. The Morgan fingerprint density at radius 2 is 2.00 bits per heavy atom. The molecule has 4 saturated carbocycles. The molecule has 4 fully saturated rings. The van der Waals surface area contributed by atoms with E-state index in [1.165, 1.54) is 44.9 Å². The normalized spacial score (nSPS) is 51.9. The molecule has 2 N–H and O–H groups in total. The van der Waals surface area contributed by atoms with Gasteiger partial charge in [0.25, 0.3) is 0 Å². The van der Waals surface area contributed by atoms with Crippen molar-refractivity contribution in [3.05, 3.63) is 23.8 Å². The minimum Gasteiger partial charge on any atom is -0.411 e. The van der Waals surface area contributed by atoms with E-state index in [9.17, 15) is 10.3 Å². The number of allylic oxidation sites excluding steroid dienone is 2. The van der Waals surface area contributed by atoms with Gasteiger partial charge in [-0.3, -0.25) is 0 Å². The predicted molar refractivity (Wildman–Crippen MR) is 107 cm³/mol. The average molecular weight is 384 g/mol. The lowest BCUT2D eigenvalue weighted by molar-refractivity contribution is -0.189. The lowest BCUT2D eigenvalue weighted by atomic mass is 9.47. The van der Waals surface area contributed by atoms with Gasteiger partial charge in [-0.15, -0.1) is 0 Å². The second-order valence-electron chi connectivity index (χ2n) is 10.6. The fraction of sp³-hybridized carbons (Fsp3) is 0.792. The zero-order chi connectivity index (χ0) is 19.1. The van der Waals surface area contributed by atoms with Crippen molar-refractivity contribution in [3.63, 3.8) is 0 Å². The van der Waals surface area contributed by atoms with Gasteiger partial charge < -0.3 is 15.1 Å². The fourth-order valence-corrected chi connectivity index (χ4v) is 8.76. The SMILES string of the molecule is CC[C@]12CCC3C(CC4(CC4)C4=C/C(=N/O)CC[C@@H]43)C1CC[C@@]21C=CC(O)O1. The number of ether oxygens (including phenoxy) is 1. The number of rotatable bonds is 1. The fourth-order valence-electron chi connectivity index (χ4n) is 8.76. The van der Waals surface area contributed by atoms with Crippen LogP contribution in [0.3, 0.4) is 0 Å². The van der Waals surface area contributed by atoms with Gasteiger partial charge in [-0.25, -0.2) is 0 Å². The van der Waals surface area contributed by atoms with Crippen LogP contribution < -0.4 is 0 Å². The number of nitrogens with zero attached hydrogens (tertiary/aromatic N) is 1. The summed E-state index contributed by atoms with van der Waals surface area (Å²) in [4.78, 5) is 0. The summed E-state index contributed by atoms with van der Waals surface area (Å²) >= 11 is 0. The highest BCUT2D eigenvalue weighted by Gasteiger charge is 2.68. The van der Waals surface area contributed by atoms with Gasteiger partial charge in [0.1, 0.15) is 0 Å². The number of fused-ring (bicyclic) bond motifs is 7. The molecule has 0 bridgehead atoms. The van der Waals surface area contributed by atoms with E-state index in [0.717, 1.165) is 42.7 Å². The highest BCUT2D eigenvalue weighted by Crippen LogP contribution is 2.73. The summed E-state index contributed by atoms with van der Waals surface area (Å²) < 4.78 is 6.25. The third-order valence-electron chi connectivity index (χ3n) is 10.0. The van der Waals surface area contributed by atoms with Crippen molar-refractivity contribution in [1.82, 2.24) is 0 Å². The van der Waals surface area contributed by atoms with E-state index in [1.807, 2.05) is 6.08 Å². The Morgan fingerprint density at radius 1 is 1.14 bits per heavy atom. The highest BCUT2D eigenvalue weighted by molar-refractivity contribution is 5.96. The second-order valence-corrected chi connectivity index (χ2v) is 10.6. The monoisotopic (exact) mass is 383 g/mol. The smallest absolute Gasteiger partial charge is 0.175 e. The summed E-state index contributed by atoms with van der Waals surface area (Å²) in [5.41, 5.74) is 2.91. The van der Waals surface area contributed by atoms with Gasteiger partial charge in [0.15, 0.2) is 6.29 Å². The molecule has 1 aliphatic heterocycles. The van der Waals surface area contributed by atoms with Crippen molar-refractivity contribution >= 4 is 5.71 Å². The molecule has 2 spiro atoms. The van der Waals surface area contributed by atoms with E-state index >= 15 is 0 Å². The summed E-state index contributed by atoms with van der Waals surface area (Å²) in [7, 11) is 0. The first-order chi connectivity index (χ1) is 13.6. The molecule has 7 atom stereocenters. The third kappa shape index (κ3) is 2.06. The molecule has 4 heteroatoms. The Labute approximate surface area is 167 Å². The van der Waals surface area contributed by atoms with Crippen molar-refractivity contribution in [2.45, 2.75) is 83.0 Å². The van der Waals surface area contributed by atoms with E-state index in [0.29, 0.717) is 11.3 Å². The minimum atomic E-state index is -0.718. The van der Waals surface area contributed by atoms with Gasteiger partial charge in [0, 0.05) is 5.41 Å². The molecule has 4 unspecified atom stereocenters. The molecule has 152 valence electrons. The van der Waals surface area contributed by atoms with Gasteiger partial charge in [-0.1, -0.05) is 23.7 Å². The summed E-state index contributed by atoms with van der Waals surface area (Å²) in [5, 5.41) is 23.0. The topological polar surface area (TPSA) is 62.1 Å². The quantitative estimate of drug-likeness (QED) is 0.388. The van der Waals surface area contributed by atoms with Crippen LogP contribution in [-0.2, 0) is 4.74 Å². The highest BCUT2D eigenvalue weighted by atomic mass is 16.6. The van der Waals surface area contributed by atoms with Crippen molar-refractivity contribution < 1.29 is 15.1 Å². The second kappa shape index (κ2) is 5.72. The van der Waals surface area contributed by atoms with Crippen LogP contribution in [0.25, 0.3) is 0 Å². The van der Waals surface area contributed by atoms with Crippen molar-refractivity contribution in [3.8, 4) is 0 Å². The zero-order valence-corrected chi connectivity index (χ0v) is 16.9. The predicted octanol–water partition coefficient (Wildman–Crippen LogP) is 4.81.